The zero-order valence-electron chi connectivity index (χ0n) is 9.13. The Morgan fingerprint density at radius 1 is 1.62 bits per heavy atom. The summed E-state index contributed by atoms with van der Waals surface area (Å²) in [7, 11) is 1.98. The zero-order chi connectivity index (χ0) is 11.4. The van der Waals surface area contributed by atoms with Gasteiger partial charge in [-0.3, -0.25) is 0 Å². The average Bonchev–Trinajstić information content (AvgIpc) is 2.91. The Morgan fingerprint density at radius 2 is 2.50 bits per heavy atom. The lowest BCUT2D eigenvalue weighted by molar-refractivity contribution is 0.287. The maximum Gasteiger partial charge on any atom is 0.131 e. The van der Waals surface area contributed by atoms with Crippen LogP contribution in [-0.4, -0.2) is 27.8 Å². The van der Waals surface area contributed by atoms with E-state index in [1.807, 2.05) is 29.3 Å². The minimum atomic E-state index is 0.0622. The van der Waals surface area contributed by atoms with Crippen LogP contribution in [0.1, 0.15) is 16.7 Å². The second kappa shape index (κ2) is 5.25. The largest absolute Gasteiger partial charge is 0.395 e. The van der Waals surface area contributed by atoms with Gasteiger partial charge >= 0.3 is 0 Å². The third-order valence-electron chi connectivity index (χ3n) is 2.40. The van der Waals surface area contributed by atoms with Crippen LogP contribution in [0.25, 0.3) is 0 Å². The Balaban J connectivity index is 2.25. The maximum absolute atomic E-state index is 8.89. The summed E-state index contributed by atoms with van der Waals surface area (Å²) in [5.41, 5.74) is 0. The van der Waals surface area contributed by atoms with E-state index in [9.17, 15) is 0 Å². The number of aryl methyl sites for hydroxylation is 1. The monoisotopic (exact) mass is 237 g/mol. The van der Waals surface area contributed by atoms with Gasteiger partial charge in [-0.15, -0.1) is 11.3 Å². The van der Waals surface area contributed by atoms with Crippen LogP contribution in [0.4, 0.5) is 0 Å². The fraction of sp³-hybridized carbons (Fsp3) is 0.364. The highest BCUT2D eigenvalue weighted by Gasteiger charge is 2.17. The first-order valence-electron chi connectivity index (χ1n) is 5.18. The van der Waals surface area contributed by atoms with Gasteiger partial charge in [0, 0.05) is 30.9 Å². The number of nitrogens with one attached hydrogen (secondary N) is 1. The molecule has 0 aromatic carbocycles. The predicted molar refractivity (Wildman–Crippen MR) is 64.5 cm³/mol. The van der Waals surface area contributed by atoms with Crippen LogP contribution in [0.2, 0.25) is 0 Å². The van der Waals surface area contributed by atoms with Crippen molar-refractivity contribution in [3.05, 3.63) is 40.6 Å². The molecule has 2 aromatic rings. The van der Waals surface area contributed by atoms with Gasteiger partial charge in [0.2, 0.25) is 0 Å². The van der Waals surface area contributed by atoms with Gasteiger partial charge in [-0.05, 0) is 11.4 Å². The van der Waals surface area contributed by atoms with E-state index in [0.29, 0.717) is 6.54 Å². The van der Waals surface area contributed by atoms with Crippen molar-refractivity contribution < 1.29 is 5.11 Å². The number of hydrogen-bond acceptors (Lipinski definition) is 4. The average molecular weight is 237 g/mol. The molecule has 5 heteroatoms. The quantitative estimate of drug-likeness (QED) is 0.820. The van der Waals surface area contributed by atoms with Gasteiger partial charge in [0.1, 0.15) is 11.9 Å². The standard InChI is InChI=1S/C11H15N3OS/c1-14-6-4-13-11(14)10(12-5-7-15)9-3-2-8-16-9/h2-4,6,8,10,12,15H,5,7H2,1H3. The minimum Gasteiger partial charge on any atom is -0.395 e. The number of nitrogens with zero attached hydrogens (tertiary/aromatic N) is 2. The van der Waals surface area contributed by atoms with Crippen molar-refractivity contribution in [2.24, 2.45) is 7.05 Å². The molecule has 2 rings (SSSR count). The van der Waals surface area contributed by atoms with Crippen LogP contribution in [-0.2, 0) is 7.05 Å². The van der Waals surface area contributed by atoms with Crippen molar-refractivity contribution in [1.82, 2.24) is 14.9 Å². The van der Waals surface area contributed by atoms with E-state index in [0.717, 1.165) is 5.82 Å². The first-order chi connectivity index (χ1) is 7.83. The lowest BCUT2D eigenvalue weighted by atomic mass is 10.2. The molecule has 0 saturated carbocycles. The number of hydrogen-bond donors (Lipinski definition) is 2. The molecule has 1 atom stereocenters. The van der Waals surface area contributed by atoms with Gasteiger partial charge in [-0.2, -0.15) is 0 Å². The molecule has 2 N–H and O–H groups in total. The van der Waals surface area contributed by atoms with E-state index in [2.05, 4.69) is 16.4 Å². The minimum absolute atomic E-state index is 0.0622. The van der Waals surface area contributed by atoms with E-state index in [1.54, 1.807) is 17.5 Å². The van der Waals surface area contributed by atoms with Gasteiger partial charge in [-0.25, -0.2) is 4.98 Å². The summed E-state index contributed by atoms with van der Waals surface area (Å²) in [5, 5.41) is 14.2. The molecule has 0 aliphatic carbocycles. The Hall–Kier alpha value is -1.17. The Morgan fingerprint density at radius 3 is 3.06 bits per heavy atom. The highest BCUT2D eigenvalue weighted by molar-refractivity contribution is 7.10. The molecule has 0 radical (unpaired) electrons. The maximum atomic E-state index is 8.89. The summed E-state index contributed by atoms with van der Waals surface area (Å²) in [5.74, 6) is 0.968. The highest BCUT2D eigenvalue weighted by Crippen LogP contribution is 2.24. The second-order valence-electron chi connectivity index (χ2n) is 3.52. The van der Waals surface area contributed by atoms with E-state index >= 15 is 0 Å². The smallest absolute Gasteiger partial charge is 0.131 e. The summed E-state index contributed by atoms with van der Waals surface area (Å²) in [4.78, 5) is 5.56. The molecule has 0 bridgehead atoms. The van der Waals surface area contributed by atoms with Gasteiger partial charge in [-0.1, -0.05) is 6.07 Å². The van der Waals surface area contributed by atoms with Crippen molar-refractivity contribution in [3.8, 4) is 0 Å². The SMILES string of the molecule is Cn1ccnc1C(NCCO)c1cccs1. The van der Waals surface area contributed by atoms with Crippen molar-refractivity contribution in [2.75, 3.05) is 13.2 Å². The van der Waals surface area contributed by atoms with Crippen LogP contribution < -0.4 is 5.32 Å². The van der Waals surface area contributed by atoms with Crippen LogP contribution in [0.5, 0.6) is 0 Å². The number of aliphatic hydroxyl groups excluding tert-OH is 1. The van der Waals surface area contributed by atoms with E-state index in [1.165, 1.54) is 4.88 Å². The number of thiophene rings is 1. The fourth-order valence-electron chi connectivity index (χ4n) is 1.64. The normalized spacial score (nSPS) is 12.9. The fourth-order valence-corrected chi connectivity index (χ4v) is 2.44. The molecular weight excluding hydrogens is 222 g/mol. The first-order valence-corrected chi connectivity index (χ1v) is 6.05. The predicted octanol–water partition coefficient (Wildman–Crippen LogP) is 1.15. The van der Waals surface area contributed by atoms with E-state index < -0.39 is 0 Å². The Kier molecular flexibility index (Phi) is 3.71. The van der Waals surface area contributed by atoms with Crippen LogP contribution in [0.15, 0.2) is 29.9 Å². The molecule has 0 aliphatic rings. The lowest BCUT2D eigenvalue weighted by Crippen LogP contribution is -2.26. The van der Waals surface area contributed by atoms with Gasteiger partial charge in [0.05, 0.1) is 6.61 Å². The van der Waals surface area contributed by atoms with E-state index in [-0.39, 0.29) is 12.6 Å². The highest BCUT2D eigenvalue weighted by atomic mass is 32.1. The number of aliphatic hydroxyl groups is 1. The summed E-state index contributed by atoms with van der Waals surface area (Å²) in [6, 6.07) is 4.16. The molecule has 0 amide bonds. The van der Waals surface area contributed by atoms with Crippen molar-refractivity contribution >= 4 is 11.3 Å². The number of rotatable bonds is 5. The molecular formula is C11H15N3OS. The molecule has 2 aromatic heterocycles. The van der Waals surface area contributed by atoms with Gasteiger partial charge in [0.25, 0.3) is 0 Å². The van der Waals surface area contributed by atoms with Gasteiger partial charge in [0.15, 0.2) is 0 Å². The van der Waals surface area contributed by atoms with Crippen LogP contribution in [0.3, 0.4) is 0 Å². The van der Waals surface area contributed by atoms with Crippen molar-refractivity contribution in [1.29, 1.82) is 0 Å². The molecule has 0 fully saturated rings. The van der Waals surface area contributed by atoms with Crippen molar-refractivity contribution in [3.63, 3.8) is 0 Å². The third kappa shape index (κ3) is 2.32. The summed E-state index contributed by atoms with van der Waals surface area (Å²) >= 11 is 1.69. The lowest BCUT2D eigenvalue weighted by Gasteiger charge is -2.16. The Labute approximate surface area is 98.6 Å². The Bertz CT molecular complexity index is 424. The van der Waals surface area contributed by atoms with Crippen LogP contribution >= 0.6 is 11.3 Å². The molecule has 0 aliphatic heterocycles. The molecule has 1 unspecified atom stereocenters. The number of aromatic nitrogens is 2. The summed E-state index contributed by atoms with van der Waals surface area (Å²) in [6.45, 7) is 0.696. The molecule has 0 saturated heterocycles. The molecule has 16 heavy (non-hydrogen) atoms. The second-order valence-corrected chi connectivity index (χ2v) is 4.50. The topological polar surface area (TPSA) is 50.1 Å². The third-order valence-corrected chi connectivity index (χ3v) is 3.34. The molecule has 4 nitrogen and oxygen atoms in total. The van der Waals surface area contributed by atoms with Crippen molar-refractivity contribution in [2.45, 2.75) is 6.04 Å². The van der Waals surface area contributed by atoms with E-state index in [4.69, 9.17) is 5.11 Å². The molecule has 86 valence electrons. The number of imidazole rings is 1. The summed E-state index contributed by atoms with van der Waals surface area (Å²) in [6.07, 6.45) is 3.72. The first kappa shape index (κ1) is 11.3. The van der Waals surface area contributed by atoms with Gasteiger partial charge < -0.3 is 15.0 Å². The summed E-state index contributed by atoms with van der Waals surface area (Å²) < 4.78 is 1.99. The van der Waals surface area contributed by atoms with Crippen LogP contribution in [0, 0.1) is 0 Å². The zero-order valence-corrected chi connectivity index (χ0v) is 9.94. The molecule has 2 heterocycles. The molecule has 0 spiro atoms.